The summed E-state index contributed by atoms with van der Waals surface area (Å²) in [4.78, 5) is 4.27. The van der Waals surface area contributed by atoms with Crippen LogP contribution in [0.1, 0.15) is 18.9 Å². The normalized spacial score (nSPS) is 10.7. The molecule has 0 fully saturated rings. The van der Waals surface area contributed by atoms with Gasteiger partial charge in [-0.05, 0) is 31.0 Å². The molecule has 0 saturated carbocycles. The highest BCUT2D eigenvalue weighted by Gasteiger charge is 2.01. The van der Waals surface area contributed by atoms with Gasteiger partial charge in [0.05, 0.1) is 11.9 Å². The third-order valence-electron chi connectivity index (χ3n) is 2.93. The predicted octanol–water partition coefficient (Wildman–Crippen LogP) is 2.56. The number of nitrogens with two attached hydrogens (primary N) is 1. The van der Waals surface area contributed by atoms with Gasteiger partial charge >= 0.3 is 0 Å². The van der Waals surface area contributed by atoms with Crippen molar-refractivity contribution in [2.45, 2.75) is 19.8 Å². The van der Waals surface area contributed by atoms with E-state index < -0.39 is 0 Å². The van der Waals surface area contributed by atoms with E-state index in [1.165, 1.54) is 16.3 Å². The molecular weight excluding hydrogens is 210 g/mol. The second-order valence-electron chi connectivity index (χ2n) is 4.17. The summed E-state index contributed by atoms with van der Waals surface area (Å²) in [5.41, 5.74) is 7.93. The first-order valence-electron chi connectivity index (χ1n) is 6.15. The molecule has 2 rings (SSSR count). The minimum absolute atomic E-state index is 0.713. The summed E-state index contributed by atoms with van der Waals surface area (Å²) < 4.78 is 0. The number of nitrogens with one attached hydrogen (secondary N) is 1. The third kappa shape index (κ3) is 2.74. The van der Waals surface area contributed by atoms with Crippen molar-refractivity contribution in [2.24, 2.45) is 5.73 Å². The maximum atomic E-state index is 5.49. The van der Waals surface area contributed by atoms with Crippen LogP contribution in [0.3, 0.4) is 0 Å². The second kappa shape index (κ2) is 5.64. The lowest BCUT2D eigenvalue weighted by atomic mass is 10.1. The van der Waals surface area contributed by atoms with Crippen LogP contribution in [0.2, 0.25) is 0 Å². The maximum absolute atomic E-state index is 5.49. The molecule has 0 radical (unpaired) electrons. The van der Waals surface area contributed by atoms with Gasteiger partial charge in [-0.1, -0.05) is 19.1 Å². The van der Waals surface area contributed by atoms with E-state index in [0.29, 0.717) is 6.54 Å². The van der Waals surface area contributed by atoms with E-state index in [9.17, 15) is 0 Å². The summed E-state index contributed by atoms with van der Waals surface area (Å²) in [6.07, 6.45) is 5.83. The van der Waals surface area contributed by atoms with Gasteiger partial charge in [0.25, 0.3) is 0 Å². The van der Waals surface area contributed by atoms with Crippen molar-refractivity contribution in [2.75, 3.05) is 18.4 Å². The highest BCUT2D eigenvalue weighted by molar-refractivity contribution is 5.93. The Kier molecular flexibility index (Phi) is 3.94. The van der Waals surface area contributed by atoms with Crippen molar-refractivity contribution in [3.63, 3.8) is 0 Å². The molecule has 0 aliphatic heterocycles. The van der Waals surface area contributed by atoms with Crippen LogP contribution in [0, 0.1) is 0 Å². The second-order valence-corrected chi connectivity index (χ2v) is 4.17. The topological polar surface area (TPSA) is 50.9 Å². The average Bonchev–Trinajstić information content (AvgIpc) is 2.38. The highest BCUT2D eigenvalue weighted by Crippen LogP contribution is 2.23. The highest BCUT2D eigenvalue weighted by atomic mass is 14.9. The molecule has 0 amide bonds. The summed E-state index contributed by atoms with van der Waals surface area (Å²) in [6.45, 7) is 3.77. The first-order chi connectivity index (χ1) is 8.35. The minimum atomic E-state index is 0.713. The van der Waals surface area contributed by atoms with Gasteiger partial charge in [0, 0.05) is 23.5 Å². The lowest BCUT2D eigenvalue weighted by molar-refractivity contribution is 0.874. The van der Waals surface area contributed by atoms with E-state index in [0.717, 1.165) is 25.1 Å². The largest absolute Gasteiger partial charge is 0.383 e. The molecule has 1 aromatic heterocycles. The molecule has 0 saturated heterocycles. The van der Waals surface area contributed by atoms with E-state index >= 15 is 0 Å². The number of aromatic nitrogens is 1. The van der Waals surface area contributed by atoms with E-state index in [1.807, 2.05) is 12.4 Å². The van der Waals surface area contributed by atoms with E-state index in [4.69, 9.17) is 5.73 Å². The first kappa shape index (κ1) is 11.9. The molecule has 0 aliphatic carbocycles. The van der Waals surface area contributed by atoms with Crippen LogP contribution in [0.4, 0.5) is 5.69 Å². The monoisotopic (exact) mass is 229 g/mol. The van der Waals surface area contributed by atoms with Crippen LogP contribution in [0.5, 0.6) is 0 Å². The van der Waals surface area contributed by atoms with Crippen LogP contribution >= 0.6 is 0 Å². The Morgan fingerprint density at radius 3 is 2.94 bits per heavy atom. The summed E-state index contributed by atoms with van der Waals surface area (Å²) in [5, 5.41) is 5.81. The Labute approximate surface area is 102 Å². The van der Waals surface area contributed by atoms with Crippen LogP contribution in [-0.2, 0) is 6.42 Å². The molecule has 3 nitrogen and oxygen atoms in total. The van der Waals surface area contributed by atoms with Crippen molar-refractivity contribution in [1.82, 2.24) is 4.98 Å². The number of hydrogen-bond acceptors (Lipinski definition) is 3. The van der Waals surface area contributed by atoms with Gasteiger partial charge < -0.3 is 11.1 Å². The fourth-order valence-corrected chi connectivity index (χ4v) is 1.91. The van der Waals surface area contributed by atoms with Gasteiger partial charge in [0.2, 0.25) is 0 Å². The van der Waals surface area contributed by atoms with Gasteiger partial charge in [-0.25, -0.2) is 0 Å². The van der Waals surface area contributed by atoms with Gasteiger partial charge in [0.15, 0.2) is 0 Å². The van der Waals surface area contributed by atoms with Crippen molar-refractivity contribution < 1.29 is 0 Å². The van der Waals surface area contributed by atoms with Crippen LogP contribution < -0.4 is 11.1 Å². The van der Waals surface area contributed by atoms with Gasteiger partial charge in [-0.2, -0.15) is 0 Å². The summed E-state index contributed by atoms with van der Waals surface area (Å²) >= 11 is 0. The molecule has 90 valence electrons. The van der Waals surface area contributed by atoms with E-state index in [2.05, 4.69) is 35.4 Å². The van der Waals surface area contributed by atoms with Crippen molar-refractivity contribution >= 4 is 16.5 Å². The van der Waals surface area contributed by atoms with Crippen LogP contribution in [0.15, 0.2) is 30.6 Å². The smallest absolute Gasteiger partial charge is 0.0606 e. The third-order valence-corrected chi connectivity index (χ3v) is 2.93. The number of pyridine rings is 1. The molecule has 17 heavy (non-hydrogen) atoms. The number of fused-ring (bicyclic) bond motifs is 1. The zero-order valence-corrected chi connectivity index (χ0v) is 10.2. The zero-order chi connectivity index (χ0) is 12.1. The van der Waals surface area contributed by atoms with Crippen molar-refractivity contribution in [3.05, 3.63) is 36.2 Å². The Bertz CT molecular complexity index is 494. The predicted molar refractivity (Wildman–Crippen MR) is 73.3 cm³/mol. The molecule has 0 atom stereocenters. The van der Waals surface area contributed by atoms with Gasteiger partial charge in [0.1, 0.15) is 0 Å². The minimum Gasteiger partial charge on any atom is -0.383 e. The first-order valence-corrected chi connectivity index (χ1v) is 6.15. The summed E-state index contributed by atoms with van der Waals surface area (Å²) in [7, 11) is 0. The molecule has 1 aromatic carbocycles. The fraction of sp³-hybridized carbons (Fsp3) is 0.357. The molecule has 0 aliphatic rings. The molecule has 0 unspecified atom stereocenters. The van der Waals surface area contributed by atoms with Crippen LogP contribution in [-0.4, -0.2) is 18.1 Å². The molecular formula is C14H19N3. The SMILES string of the molecule is CCc1ccc2c(NCCCN)cncc2c1. The molecule has 0 bridgehead atoms. The number of nitrogens with zero attached hydrogens (tertiary/aromatic N) is 1. The molecule has 3 N–H and O–H groups in total. The zero-order valence-electron chi connectivity index (χ0n) is 10.2. The summed E-state index contributed by atoms with van der Waals surface area (Å²) in [5.74, 6) is 0. The standard InChI is InChI=1S/C14H19N3/c1-2-11-4-5-13-12(8-11)9-16-10-14(13)17-7-3-6-15/h4-5,8-10,17H,2-3,6-7,15H2,1H3. The number of rotatable bonds is 5. The number of anilines is 1. The maximum Gasteiger partial charge on any atom is 0.0606 e. The van der Waals surface area contributed by atoms with E-state index in [-0.39, 0.29) is 0 Å². The number of benzene rings is 1. The van der Waals surface area contributed by atoms with Gasteiger partial charge in [-0.3, -0.25) is 4.98 Å². The lowest BCUT2D eigenvalue weighted by Gasteiger charge is -2.09. The van der Waals surface area contributed by atoms with Gasteiger partial charge in [-0.15, -0.1) is 0 Å². The molecule has 3 heteroatoms. The average molecular weight is 229 g/mol. The van der Waals surface area contributed by atoms with E-state index in [1.54, 1.807) is 0 Å². The van der Waals surface area contributed by atoms with Crippen molar-refractivity contribution in [3.8, 4) is 0 Å². The molecule has 0 spiro atoms. The Hall–Kier alpha value is -1.61. The molecule has 1 heterocycles. The number of aryl methyl sites for hydroxylation is 1. The van der Waals surface area contributed by atoms with Crippen molar-refractivity contribution in [1.29, 1.82) is 0 Å². The Balaban J connectivity index is 2.30. The Morgan fingerprint density at radius 2 is 2.18 bits per heavy atom. The summed E-state index contributed by atoms with van der Waals surface area (Å²) in [6, 6.07) is 6.55. The quantitative estimate of drug-likeness (QED) is 0.775. The Morgan fingerprint density at radius 1 is 1.29 bits per heavy atom. The lowest BCUT2D eigenvalue weighted by Crippen LogP contribution is -2.08. The number of hydrogen-bond donors (Lipinski definition) is 2. The fourth-order valence-electron chi connectivity index (χ4n) is 1.91. The molecule has 2 aromatic rings. The van der Waals surface area contributed by atoms with Crippen LogP contribution in [0.25, 0.3) is 10.8 Å².